The molecular formula is C22H25N3O5. The Balaban J connectivity index is 1.80. The fraction of sp³-hybridized carbons (Fsp3) is 0.364. The number of hydrogen-bond donors (Lipinski definition) is 1. The summed E-state index contributed by atoms with van der Waals surface area (Å²) in [7, 11) is 1.24. The van der Waals surface area contributed by atoms with Crippen molar-refractivity contribution < 1.29 is 23.9 Å². The first-order valence-corrected chi connectivity index (χ1v) is 9.82. The quantitative estimate of drug-likeness (QED) is 0.699. The molecule has 8 heteroatoms. The zero-order valence-corrected chi connectivity index (χ0v) is 17.1. The fourth-order valence-corrected chi connectivity index (χ4v) is 3.61. The molecule has 158 valence electrons. The number of methoxy groups -OCH3 is 1. The van der Waals surface area contributed by atoms with Gasteiger partial charge in [-0.05, 0) is 38.0 Å². The van der Waals surface area contributed by atoms with E-state index in [0.29, 0.717) is 17.7 Å². The topological polar surface area (TPSA) is 97.7 Å². The molecule has 1 aliphatic rings. The summed E-state index contributed by atoms with van der Waals surface area (Å²) in [6, 6.07) is 10.7. The number of amides is 2. The lowest BCUT2D eigenvalue weighted by atomic mass is 9.97. The number of ketones is 1. The highest BCUT2D eigenvalue weighted by Crippen LogP contribution is 2.25. The average molecular weight is 411 g/mol. The molecule has 0 radical (unpaired) electrons. The number of rotatable bonds is 7. The second-order valence-corrected chi connectivity index (χ2v) is 7.18. The molecule has 0 atom stereocenters. The number of Topliss-reactive ketones (excluding diaryl/α,β-unsaturated/α-hetero) is 1. The van der Waals surface area contributed by atoms with E-state index in [1.807, 2.05) is 23.6 Å². The maximum atomic E-state index is 13.2. The number of nitrogens with zero attached hydrogens (tertiary/aromatic N) is 2. The Kier molecular flexibility index (Phi) is 6.66. The second-order valence-electron chi connectivity index (χ2n) is 7.18. The largest absolute Gasteiger partial charge is 0.468 e. The Bertz CT molecular complexity index is 965. The first-order chi connectivity index (χ1) is 14.4. The van der Waals surface area contributed by atoms with Crippen molar-refractivity contribution in [2.75, 3.05) is 25.1 Å². The first-order valence-electron chi connectivity index (χ1n) is 9.82. The number of anilines is 1. The molecular weight excluding hydrogens is 386 g/mol. The van der Waals surface area contributed by atoms with Crippen molar-refractivity contribution in [3.63, 3.8) is 0 Å². The molecule has 0 saturated heterocycles. The number of nitrogens with one attached hydrogen (secondary N) is 1. The molecule has 1 aromatic heterocycles. The summed E-state index contributed by atoms with van der Waals surface area (Å²) in [5, 5.41) is 2.46. The van der Waals surface area contributed by atoms with E-state index in [2.05, 4.69) is 10.1 Å². The third-order valence-corrected chi connectivity index (χ3v) is 5.16. The summed E-state index contributed by atoms with van der Waals surface area (Å²) >= 11 is 0. The number of ether oxygens (including phenoxy) is 1. The number of para-hydroxylation sites is 1. The molecule has 2 aromatic rings. The monoisotopic (exact) mass is 411 g/mol. The van der Waals surface area contributed by atoms with Gasteiger partial charge in [-0.25, -0.2) is 0 Å². The summed E-state index contributed by atoms with van der Waals surface area (Å²) in [5.74, 6) is -1.22. The molecule has 30 heavy (non-hydrogen) atoms. The average Bonchev–Trinajstić information content (AvgIpc) is 3.07. The Hall–Kier alpha value is -3.42. The highest BCUT2D eigenvalue weighted by Gasteiger charge is 2.26. The van der Waals surface area contributed by atoms with E-state index in [0.717, 1.165) is 24.2 Å². The number of carbonyl (C=O) groups is 4. The van der Waals surface area contributed by atoms with E-state index in [1.165, 1.54) is 12.0 Å². The summed E-state index contributed by atoms with van der Waals surface area (Å²) < 4.78 is 6.38. The van der Waals surface area contributed by atoms with E-state index >= 15 is 0 Å². The SMILES string of the molecule is COC(=O)CNC(=O)CN(C(=O)Cn1c(C)cc2c1CCCC2=O)c1ccccc1. The maximum Gasteiger partial charge on any atom is 0.325 e. The van der Waals surface area contributed by atoms with Crippen LogP contribution in [0.3, 0.4) is 0 Å². The van der Waals surface area contributed by atoms with Crippen molar-refractivity contribution >= 4 is 29.3 Å². The molecule has 0 fully saturated rings. The van der Waals surface area contributed by atoms with Gasteiger partial charge in [0, 0.05) is 29.1 Å². The zero-order valence-electron chi connectivity index (χ0n) is 17.1. The number of aromatic nitrogens is 1. The van der Waals surface area contributed by atoms with Gasteiger partial charge in [0.05, 0.1) is 7.11 Å². The van der Waals surface area contributed by atoms with E-state index in [1.54, 1.807) is 24.3 Å². The Morgan fingerprint density at radius 3 is 2.60 bits per heavy atom. The van der Waals surface area contributed by atoms with Gasteiger partial charge in [0.15, 0.2) is 5.78 Å². The van der Waals surface area contributed by atoms with Crippen LogP contribution < -0.4 is 10.2 Å². The Morgan fingerprint density at radius 2 is 1.90 bits per heavy atom. The number of benzene rings is 1. The Labute approximate surface area is 174 Å². The van der Waals surface area contributed by atoms with E-state index in [-0.39, 0.29) is 31.3 Å². The van der Waals surface area contributed by atoms with Crippen molar-refractivity contribution in [2.45, 2.75) is 32.7 Å². The van der Waals surface area contributed by atoms with Crippen LogP contribution in [0.15, 0.2) is 36.4 Å². The highest BCUT2D eigenvalue weighted by molar-refractivity contribution is 6.00. The van der Waals surface area contributed by atoms with Gasteiger partial charge in [-0.15, -0.1) is 0 Å². The van der Waals surface area contributed by atoms with Crippen molar-refractivity contribution in [3.05, 3.63) is 53.3 Å². The number of aryl methyl sites for hydroxylation is 1. The van der Waals surface area contributed by atoms with Crippen molar-refractivity contribution in [3.8, 4) is 0 Å². The summed E-state index contributed by atoms with van der Waals surface area (Å²) in [6.45, 7) is 1.39. The van der Waals surface area contributed by atoms with Crippen LogP contribution in [0.1, 0.15) is 34.6 Å². The molecule has 0 spiro atoms. The minimum atomic E-state index is -0.569. The molecule has 0 saturated carbocycles. The minimum Gasteiger partial charge on any atom is -0.468 e. The number of hydrogen-bond acceptors (Lipinski definition) is 5. The van der Waals surface area contributed by atoms with Gasteiger partial charge in [0.2, 0.25) is 11.8 Å². The van der Waals surface area contributed by atoms with Crippen LogP contribution in [-0.4, -0.2) is 48.3 Å². The second kappa shape index (κ2) is 9.39. The molecule has 1 heterocycles. The molecule has 0 unspecified atom stereocenters. The van der Waals surface area contributed by atoms with Gasteiger partial charge in [-0.2, -0.15) is 0 Å². The van der Waals surface area contributed by atoms with Gasteiger partial charge in [-0.3, -0.25) is 19.2 Å². The van der Waals surface area contributed by atoms with Crippen LogP contribution in [0, 0.1) is 6.92 Å². The van der Waals surface area contributed by atoms with E-state index in [4.69, 9.17) is 0 Å². The van der Waals surface area contributed by atoms with Crippen molar-refractivity contribution in [2.24, 2.45) is 0 Å². The number of esters is 1. The molecule has 0 aliphatic heterocycles. The fourth-order valence-electron chi connectivity index (χ4n) is 3.61. The van der Waals surface area contributed by atoms with Crippen LogP contribution in [0.2, 0.25) is 0 Å². The first kappa shape index (κ1) is 21.3. The molecule has 1 aliphatic carbocycles. The van der Waals surface area contributed by atoms with Crippen LogP contribution >= 0.6 is 0 Å². The van der Waals surface area contributed by atoms with Gasteiger partial charge >= 0.3 is 5.97 Å². The lowest BCUT2D eigenvalue weighted by Crippen LogP contribution is -2.43. The highest BCUT2D eigenvalue weighted by atomic mass is 16.5. The Morgan fingerprint density at radius 1 is 1.17 bits per heavy atom. The van der Waals surface area contributed by atoms with Gasteiger partial charge in [0.1, 0.15) is 19.6 Å². The normalized spacial score (nSPS) is 12.8. The molecule has 1 aromatic carbocycles. The van der Waals surface area contributed by atoms with Gasteiger partial charge < -0.3 is 19.5 Å². The summed E-state index contributed by atoms with van der Waals surface area (Å²) in [6.07, 6.45) is 2.04. The smallest absolute Gasteiger partial charge is 0.325 e. The van der Waals surface area contributed by atoms with Crippen LogP contribution in [0.25, 0.3) is 0 Å². The molecule has 1 N–H and O–H groups in total. The van der Waals surface area contributed by atoms with E-state index < -0.39 is 11.9 Å². The standard InChI is InChI=1S/C22H25N3O5/c1-15-11-17-18(9-6-10-19(17)26)24(15)14-21(28)25(16-7-4-3-5-8-16)13-20(27)23-12-22(29)30-2/h3-5,7-8,11H,6,9-10,12-14H2,1-2H3,(H,23,27). The number of carbonyl (C=O) groups excluding carboxylic acids is 4. The molecule has 3 rings (SSSR count). The van der Waals surface area contributed by atoms with Gasteiger partial charge in [0.25, 0.3) is 0 Å². The van der Waals surface area contributed by atoms with Crippen molar-refractivity contribution in [1.82, 2.24) is 9.88 Å². The van der Waals surface area contributed by atoms with Crippen molar-refractivity contribution in [1.29, 1.82) is 0 Å². The minimum absolute atomic E-state index is 0.0215. The van der Waals surface area contributed by atoms with Crippen LogP contribution in [-0.2, 0) is 32.1 Å². The summed E-state index contributed by atoms with van der Waals surface area (Å²) in [4.78, 5) is 50.4. The third kappa shape index (κ3) is 4.76. The molecule has 8 nitrogen and oxygen atoms in total. The predicted octanol–water partition coefficient (Wildman–Crippen LogP) is 1.64. The lowest BCUT2D eigenvalue weighted by molar-refractivity contribution is -0.141. The summed E-state index contributed by atoms with van der Waals surface area (Å²) in [5.41, 5.74) is 2.98. The maximum absolute atomic E-state index is 13.2. The number of fused-ring (bicyclic) bond motifs is 1. The van der Waals surface area contributed by atoms with E-state index in [9.17, 15) is 19.2 Å². The van der Waals surface area contributed by atoms with Crippen LogP contribution in [0.4, 0.5) is 5.69 Å². The predicted molar refractivity (Wildman–Crippen MR) is 110 cm³/mol. The lowest BCUT2D eigenvalue weighted by Gasteiger charge is -2.24. The van der Waals surface area contributed by atoms with Gasteiger partial charge in [-0.1, -0.05) is 18.2 Å². The molecule has 2 amide bonds. The third-order valence-electron chi connectivity index (χ3n) is 5.16. The zero-order chi connectivity index (χ0) is 21.7. The van der Waals surface area contributed by atoms with Crippen LogP contribution in [0.5, 0.6) is 0 Å². The molecule has 0 bridgehead atoms.